The molecule has 1 amide bonds. The highest BCUT2D eigenvalue weighted by molar-refractivity contribution is 6.34. The predicted molar refractivity (Wildman–Crippen MR) is 77.2 cm³/mol. The highest BCUT2D eigenvalue weighted by atomic mass is 35.5. The number of carbonyl (C=O) groups is 1. The molecule has 1 saturated heterocycles. The zero-order chi connectivity index (χ0) is 15.2. The van der Waals surface area contributed by atoms with Crippen LogP contribution in [0.4, 0.5) is 14.5 Å². The summed E-state index contributed by atoms with van der Waals surface area (Å²) < 4.78 is 26.6. The van der Waals surface area contributed by atoms with Crippen molar-refractivity contribution in [2.45, 2.75) is 38.1 Å². The number of benzene rings is 1. The molecule has 1 aliphatic heterocycles. The topological polar surface area (TPSA) is 46.3 Å². The van der Waals surface area contributed by atoms with Crippen molar-refractivity contribution < 1.29 is 13.6 Å². The van der Waals surface area contributed by atoms with Gasteiger partial charge in [0.15, 0.2) is 11.6 Å². The molecule has 1 aliphatic carbocycles. The maximum absolute atomic E-state index is 13.4. The fourth-order valence-corrected chi connectivity index (χ4v) is 3.68. The second kappa shape index (κ2) is 5.21. The lowest BCUT2D eigenvalue weighted by Crippen LogP contribution is -2.40. The van der Waals surface area contributed by atoms with Crippen LogP contribution in [0.2, 0.25) is 5.02 Å². The van der Waals surface area contributed by atoms with Crippen LogP contribution in [0, 0.1) is 17.0 Å². The van der Waals surface area contributed by atoms with Crippen LogP contribution >= 0.6 is 11.6 Å². The average Bonchev–Trinajstić information content (AvgIpc) is 2.76. The molecule has 1 aromatic carbocycles. The van der Waals surface area contributed by atoms with Gasteiger partial charge in [-0.05, 0) is 38.2 Å². The average molecular weight is 315 g/mol. The molecule has 2 aliphatic rings. The lowest BCUT2D eigenvalue weighted by Gasteiger charge is -2.34. The lowest BCUT2D eigenvalue weighted by molar-refractivity contribution is -0.127. The third kappa shape index (κ3) is 2.42. The zero-order valence-electron chi connectivity index (χ0n) is 11.5. The molecule has 114 valence electrons. The molecule has 0 unspecified atom stereocenters. The Balaban J connectivity index is 1.89. The second-order valence-corrected chi connectivity index (χ2v) is 6.45. The van der Waals surface area contributed by atoms with Crippen LogP contribution in [-0.2, 0) is 4.79 Å². The molecule has 0 atom stereocenters. The first kappa shape index (κ1) is 14.7. The van der Waals surface area contributed by atoms with Crippen molar-refractivity contribution in [1.29, 1.82) is 0 Å². The Hall–Kier alpha value is -1.20. The van der Waals surface area contributed by atoms with Gasteiger partial charge in [-0.2, -0.15) is 0 Å². The van der Waals surface area contributed by atoms with Gasteiger partial charge in [0.2, 0.25) is 5.91 Å². The van der Waals surface area contributed by atoms with E-state index in [2.05, 4.69) is 0 Å². The van der Waals surface area contributed by atoms with Gasteiger partial charge in [-0.1, -0.05) is 11.6 Å². The normalized spacial score (nSPS) is 29.4. The van der Waals surface area contributed by atoms with Crippen molar-refractivity contribution in [3.63, 3.8) is 0 Å². The summed E-state index contributed by atoms with van der Waals surface area (Å²) in [4.78, 5) is 14.2. The quantitative estimate of drug-likeness (QED) is 0.809. The smallest absolute Gasteiger partial charge is 0.233 e. The predicted octanol–water partition coefficient (Wildman–Crippen LogP) is 3.24. The molecule has 2 fully saturated rings. The van der Waals surface area contributed by atoms with Crippen LogP contribution in [-0.4, -0.2) is 18.5 Å². The molecular weight excluding hydrogens is 298 g/mol. The summed E-state index contributed by atoms with van der Waals surface area (Å²) in [7, 11) is 0. The molecule has 21 heavy (non-hydrogen) atoms. The van der Waals surface area contributed by atoms with Gasteiger partial charge >= 0.3 is 0 Å². The molecule has 0 aromatic heterocycles. The van der Waals surface area contributed by atoms with E-state index in [1.54, 1.807) is 0 Å². The summed E-state index contributed by atoms with van der Waals surface area (Å²) >= 11 is 5.98. The number of rotatable bonds is 1. The standard InChI is InChI=1S/C15H17ClF2N2O/c16-10-7-11(17)12(18)8-13(10)20-6-5-15(14(20)21)3-1-9(19)2-4-15/h7-9H,1-6,19H2/t9-,15-. The minimum absolute atomic E-state index is 0.0395. The largest absolute Gasteiger partial charge is 0.328 e. The minimum atomic E-state index is -1.01. The number of hydrogen-bond acceptors (Lipinski definition) is 2. The Morgan fingerprint density at radius 3 is 2.48 bits per heavy atom. The first-order chi connectivity index (χ1) is 9.93. The van der Waals surface area contributed by atoms with Crippen LogP contribution < -0.4 is 10.6 Å². The summed E-state index contributed by atoms with van der Waals surface area (Å²) in [5.74, 6) is -2.04. The number of nitrogens with zero attached hydrogens (tertiary/aromatic N) is 1. The van der Waals surface area contributed by atoms with Crippen molar-refractivity contribution in [3.05, 3.63) is 28.8 Å². The van der Waals surface area contributed by atoms with E-state index < -0.39 is 17.0 Å². The van der Waals surface area contributed by atoms with Gasteiger partial charge in [-0.25, -0.2) is 8.78 Å². The van der Waals surface area contributed by atoms with E-state index in [9.17, 15) is 13.6 Å². The van der Waals surface area contributed by atoms with Crippen molar-refractivity contribution in [3.8, 4) is 0 Å². The third-order valence-electron chi connectivity index (χ3n) is 4.78. The number of nitrogens with two attached hydrogens (primary N) is 1. The Kier molecular flexibility index (Phi) is 3.66. The Labute approximate surface area is 127 Å². The number of amides is 1. The lowest BCUT2D eigenvalue weighted by atomic mass is 9.71. The molecule has 3 rings (SSSR count). The first-order valence-electron chi connectivity index (χ1n) is 7.15. The van der Waals surface area contributed by atoms with E-state index in [1.165, 1.54) is 4.90 Å². The molecule has 1 heterocycles. The number of anilines is 1. The number of halogens is 3. The molecule has 1 saturated carbocycles. The Bertz CT molecular complexity index is 585. The molecule has 6 heteroatoms. The highest BCUT2D eigenvalue weighted by Gasteiger charge is 2.48. The molecule has 0 radical (unpaired) electrons. The summed E-state index contributed by atoms with van der Waals surface area (Å²) in [5, 5.41) is 0.0619. The van der Waals surface area contributed by atoms with E-state index in [0.29, 0.717) is 13.0 Å². The summed E-state index contributed by atoms with van der Waals surface area (Å²) in [5.41, 5.74) is 5.76. The van der Waals surface area contributed by atoms with Gasteiger partial charge in [-0.3, -0.25) is 4.79 Å². The first-order valence-corrected chi connectivity index (χ1v) is 7.53. The van der Waals surface area contributed by atoms with Gasteiger partial charge in [0.1, 0.15) is 0 Å². The van der Waals surface area contributed by atoms with Crippen LogP contribution in [0.15, 0.2) is 12.1 Å². The number of carbonyl (C=O) groups excluding carboxylic acids is 1. The van der Waals surface area contributed by atoms with Gasteiger partial charge < -0.3 is 10.6 Å². The maximum Gasteiger partial charge on any atom is 0.233 e. The second-order valence-electron chi connectivity index (χ2n) is 6.04. The van der Waals surface area contributed by atoms with Crippen molar-refractivity contribution >= 4 is 23.2 Å². The summed E-state index contributed by atoms with van der Waals surface area (Å²) in [6.07, 6.45) is 3.87. The molecule has 0 bridgehead atoms. The van der Waals surface area contributed by atoms with Crippen LogP contribution in [0.5, 0.6) is 0 Å². The van der Waals surface area contributed by atoms with E-state index >= 15 is 0 Å². The van der Waals surface area contributed by atoms with E-state index in [-0.39, 0.29) is 22.7 Å². The minimum Gasteiger partial charge on any atom is -0.328 e. The highest BCUT2D eigenvalue weighted by Crippen LogP contribution is 2.46. The molecule has 2 N–H and O–H groups in total. The fourth-order valence-electron chi connectivity index (χ4n) is 3.43. The van der Waals surface area contributed by atoms with Gasteiger partial charge in [0, 0.05) is 18.7 Å². The SMILES string of the molecule is N[C@H]1CC[C@@]2(CCN(c3cc(F)c(F)cc3Cl)C2=O)CC1. The Morgan fingerprint density at radius 2 is 1.81 bits per heavy atom. The third-order valence-corrected chi connectivity index (χ3v) is 5.08. The monoisotopic (exact) mass is 314 g/mol. The van der Waals surface area contributed by atoms with Gasteiger partial charge in [0.05, 0.1) is 16.1 Å². The van der Waals surface area contributed by atoms with Gasteiger partial charge in [-0.15, -0.1) is 0 Å². The van der Waals surface area contributed by atoms with Crippen molar-refractivity contribution in [2.75, 3.05) is 11.4 Å². The van der Waals surface area contributed by atoms with E-state index in [1.807, 2.05) is 0 Å². The van der Waals surface area contributed by atoms with Gasteiger partial charge in [0.25, 0.3) is 0 Å². The van der Waals surface area contributed by atoms with E-state index in [0.717, 1.165) is 37.8 Å². The summed E-state index contributed by atoms with van der Waals surface area (Å²) in [6, 6.07) is 2.08. The molecule has 1 aromatic rings. The molecule has 1 spiro atoms. The zero-order valence-corrected chi connectivity index (χ0v) is 12.3. The van der Waals surface area contributed by atoms with Crippen LogP contribution in [0.25, 0.3) is 0 Å². The fraction of sp³-hybridized carbons (Fsp3) is 0.533. The van der Waals surface area contributed by atoms with Crippen LogP contribution in [0.1, 0.15) is 32.1 Å². The Morgan fingerprint density at radius 1 is 1.19 bits per heavy atom. The van der Waals surface area contributed by atoms with Crippen LogP contribution in [0.3, 0.4) is 0 Å². The molecular formula is C15H17ClF2N2O. The van der Waals surface area contributed by atoms with E-state index in [4.69, 9.17) is 17.3 Å². The summed E-state index contributed by atoms with van der Waals surface area (Å²) in [6.45, 7) is 0.485. The van der Waals surface area contributed by atoms with Crippen molar-refractivity contribution in [2.24, 2.45) is 11.1 Å². The van der Waals surface area contributed by atoms with Crippen molar-refractivity contribution in [1.82, 2.24) is 0 Å². The number of hydrogen-bond donors (Lipinski definition) is 1. The maximum atomic E-state index is 13.4. The molecule has 3 nitrogen and oxygen atoms in total.